The fourth-order valence-electron chi connectivity index (χ4n) is 3.19. The number of hydrogen-bond acceptors (Lipinski definition) is 3. The third-order valence-corrected chi connectivity index (χ3v) is 4.49. The third kappa shape index (κ3) is 3.63. The predicted octanol–water partition coefficient (Wildman–Crippen LogP) is 4.48. The van der Waals surface area contributed by atoms with E-state index in [0.29, 0.717) is 12.2 Å². The van der Waals surface area contributed by atoms with Crippen LogP contribution in [0.5, 0.6) is 0 Å². The molecule has 0 saturated heterocycles. The molecule has 0 radical (unpaired) electrons. The Hall–Kier alpha value is -2.88. The summed E-state index contributed by atoms with van der Waals surface area (Å²) < 4.78 is 5.20. The molecule has 1 aromatic heterocycles. The van der Waals surface area contributed by atoms with Crippen LogP contribution in [0.3, 0.4) is 0 Å². The summed E-state index contributed by atoms with van der Waals surface area (Å²) >= 11 is 0. The van der Waals surface area contributed by atoms with Gasteiger partial charge in [0.2, 0.25) is 5.91 Å². The molecular formula is C21H22N2O2. The number of carbonyl (C=O) groups excluding carboxylic acids is 1. The number of carbonyl (C=O) groups is 1. The Kier molecular flexibility index (Phi) is 4.98. The zero-order chi connectivity index (χ0) is 17.8. The lowest BCUT2D eigenvalue weighted by Crippen LogP contribution is -2.28. The molecule has 3 aromatic rings. The second-order valence-corrected chi connectivity index (χ2v) is 6.20. The van der Waals surface area contributed by atoms with Crippen LogP contribution in [0.1, 0.15) is 34.9 Å². The van der Waals surface area contributed by atoms with E-state index in [2.05, 4.69) is 29.4 Å². The maximum Gasteiger partial charge on any atom is 0.227 e. The minimum atomic E-state index is 0.0119. The van der Waals surface area contributed by atoms with Crippen LogP contribution in [0.25, 0.3) is 0 Å². The molecule has 1 amide bonds. The SMILES string of the molecule is Cc1noc(C)c1N(C)C(=O)CC(c1ccccc1)c1ccccc1. The van der Waals surface area contributed by atoms with Gasteiger partial charge in [-0.3, -0.25) is 4.79 Å². The molecule has 0 unspecified atom stereocenters. The second-order valence-electron chi connectivity index (χ2n) is 6.20. The number of anilines is 1. The smallest absolute Gasteiger partial charge is 0.227 e. The number of amides is 1. The number of aryl methyl sites for hydroxylation is 2. The van der Waals surface area contributed by atoms with Crippen molar-refractivity contribution in [3.63, 3.8) is 0 Å². The average molecular weight is 334 g/mol. The minimum absolute atomic E-state index is 0.0119. The number of nitrogens with zero attached hydrogens (tertiary/aromatic N) is 2. The van der Waals surface area contributed by atoms with E-state index >= 15 is 0 Å². The van der Waals surface area contributed by atoms with Crippen molar-refractivity contribution in [1.82, 2.24) is 5.16 Å². The van der Waals surface area contributed by atoms with Crippen molar-refractivity contribution in [1.29, 1.82) is 0 Å². The molecule has 1 heterocycles. The fourth-order valence-corrected chi connectivity index (χ4v) is 3.19. The molecule has 0 bridgehead atoms. The van der Waals surface area contributed by atoms with Crippen molar-refractivity contribution >= 4 is 11.6 Å². The van der Waals surface area contributed by atoms with Gasteiger partial charge < -0.3 is 9.42 Å². The Bertz CT molecular complexity index is 782. The van der Waals surface area contributed by atoms with Gasteiger partial charge in [0.05, 0.1) is 0 Å². The zero-order valence-electron chi connectivity index (χ0n) is 14.8. The first-order valence-electron chi connectivity index (χ1n) is 8.37. The highest BCUT2D eigenvalue weighted by Crippen LogP contribution is 2.30. The summed E-state index contributed by atoms with van der Waals surface area (Å²) in [6.45, 7) is 3.67. The molecule has 3 rings (SSSR count). The van der Waals surface area contributed by atoms with Crippen LogP contribution >= 0.6 is 0 Å². The molecule has 2 aromatic carbocycles. The molecule has 0 fully saturated rings. The summed E-state index contributed by atoms with van der Waals surface area (Å²) in [5, 5.41) is 3.95. The van der Waals surface area contributed by atoms with Gasteiger partial charge in [0.25, 0.3) is 0 Å². The highest BCUT2D eigenvalue weighted by Gasteiger charge is 2.24. The molecule has 0 aliphatic carbocycles. The monoisotopic (exact) mass is 334 g/mol. The molecule has 4 heteroatoms. The minimum Gasteiger partial charge on any atom is -0.359 e. The largest absolute Gasteiger partial charge is 0.359 e. The van der Waals surface area contributed by atoms with Crippen molar-refractivity contribution in [3.05, 3.63) is 83.2 Å². The number of hydrogen-bond donors (Lipinski definition) is 0. The van der Waals surface area contributed by atoms with Gasteiger partial charge in [-0.2, -0.15) is 0 Å². The van der Waals surface area contributed by atoms with Crippen molar-refractivity contribution in [2.24, 2.45) is 0 Å². The van der Waals surface area contributed by atoms with E-state index in [-0.39, 0.29) is 11.8 Å². The summed E-state index contributed by atoms with van der Waals surface area (Å²) in [6, 6.07) is 20.3. The van der Waals surface area contributed by atoms with Gasteiger partial charge in [0.1, 0.15) is 11.4 Å². The molecule has 0 saturated carbocycles. The molecule has 25 heavy (non-hydrogen) atoms. The van der Waals surface area contributed by atoms with Gasteiger partial charge in [0.15, 0.2) is 5.76 Å². The van der Waals surface area contributed by atoms with E-state index in [0.717, 1.165) is 22.5 Å². The van der Waals surface area contributed by atoms with Gasteiger partial charge in [-0.25, -0.2) is 0 Å². The molecule has 0 aliphatic heterocycles. The van der Waals surface area contributed by atoms with E-state index in [9.17, 15) is 4.79 Å². The molecule has 128 valence electrons. The van der Waals surface area contributed by atoms with Gasteiger partial charge in [0, 0.05) is 19.4 Å². The van der Waals surface area contributed by atoms with Crippen LogP contribution in [0.4, 0.5) is 5.69 Å². The molecule has 0 N–H and O–H groups in total. The average Bonchev–Trinajstić information content (AvgIpc) is 2.98. The fraction of sp³-hybridized carbons (Fsp3) is 0.238. The summed E-state index contributed by atoms with van der Waals surface area (Å²) in [5.41, 5.74) is 3.75. The van der Waals surface area contributed by atoms with Gasteiger partial charge in [-0.15, -0.1) is 0 Å². The quantitative estimate of drug-likeness (QED) is 0.691. The van der Waals surface area contributed by atoms with Crippen LogP contribution < -0.4 is 4.90 Å². The summed E-state index contributed by atoms with van der Waals surface area (Å²) in [4.78, 5) is 14.6. The van der Waals surface area contributed by atoms with Crippen molar-refractivity contribution in [2.75, 3.05) is 11.9 Å². The van der Waals surface area contributed by atoms with Crippen LogP contribution in [0.15, 0.2) is 65.2 Å². The lowest BCUT2D eigenvalue weighted by molar-refractivity contribution is -0.118. The molecule has 0 aliphatic rings. The van der Waals surface area contributed by atoms with E-state index in [1.165, 1.54) is 0 Å². The maximum absolute atomic E-state index is 13.0. The van der Waals surface area contributed by atoms with Crippen molar-refractivity contribution in [3.8, 4) is 0 Å². The standard InChI is InChI=1S/C21H22N2O2/c1-15-21(16(2)25-22-15)23(3)20(24)14-19(17-10-6-4-7-11-17)18-12-8-5-9-13-18/h4-13,19H,14H2,1-3H3. The van der Waals surface area contributed by atoms with Gasteiger partial charge in [-0.05, 0) is 25.0 Å². The predicted molar refractivity (Wildman–Crippen MR) is 98.7 cm³/mol. The van der Waals surface area contributed by atoms with E-state index in [1.807, 2.05) is 50.2 Å². The van der Waals surface area contributed by atoms with Gasteiger partial charge in [-0.1, -0.05) is 65.8 Å². The van der Waals surface area contributed by atoms with Crippen LogP contribution in [-0.2, 0) is 4.79 Å². The highest BCUT2D eigenvalue weighted by molar-refractivity contribution is 5.94. The van der Waals surface area contributed by atoms with Crippen molar-refractivity contribution in [2.45, 2.75) is 26.2 Å². The normalized spacial score (nSPS) is 10.9. The van der Waals surface area contributed by atoms with Gasteiger partial charge >= 0.3 is 0 Å². The topological polar surface area (TPSA) is 46.3 Å². The Morgan fingerprint density at radius 3 is 1.96 bits per heavy atom. The summed E-state index contributed by atoms with van der Waals surface area (Å²) in [5.74, 6) is 0.703. The Labute approximate surface area is 148 Å². The lowest BCUT2D eigenvalue weighted by Gasteiger charge is -2.22. The van der Waals surface area contributed by atoms with E-state index in [1.54, 1.807) is 11.9 Å². The number of benzene rings is 2. The van der Waals surface area contributed by atoms with Crippen molar-refractivity contribution < 1.29 is 9.32 Å². The third-order valence-electron chi connectivity index (χ3n) is 4.49. The molecule has 0 atom stereocenters. The second kappa shape index (κ2) is 7.34. The summed E-state index contributed by atoms with van der Waals surface area (Å²) in [6.07, 6.45) is 0.384. The Morgan fingerprint density at radius 2 is 1.52 bits per heavy atom. The first-order valence-corrected chi connectivity index (χ1v) is 8.37. The van der Waals surface area contributed by atoms with E-state index in [4.69, 9.17) is 4.52 Å². The lowest BCUT2D eigenvalue weighted by atomic mass is 9.88. The maximum atomic E-state index is 13.0. The zero-order valence-corrected chi connectivity index (χ0v) is 14.8. The molecule has 4 nitrogen and oxygen atoms in total. The Balaban J connectivity index is 1.89. The van der Waals surface area contributed by atoms with Crippen LogP contribution in [-0.4, -0.2) is 18.1 Å². The molecular weight excluding hydrogens is 312 g/mol. The highest BCUT2D eigenvalue weighted by atomic mass is 16.5. The first-order chi connectivity index (χ1) is 12.1. The van der Waals surface area contributed by atoms with Crippen LogP contribution in [0.2, 0.25) is 0 Å². The van der Waals surface area contributed by atoms with E-state index < -0.39 is 0 Å². The first kappa shape index (κ1) is 17.0. The Morgan fingerprint density at radius 1 is 1.00 bits per heavy atom. The number of rotatable bonds is 5. The van der Waals surface area contributed by atoms with Crippen LogP contribution in [0, 0.1) is 13.8 Å². The molecule has 0 spiro atoms. The number of aromatic nitrogens is 1. The summed E-state index contributed by atoms with van der Waals surface area (Å²) in [7, 11) is 1.78.